The fourth-order valence-electron chi connectivity index (χ4n) is 2.09. The van der Waals surface area contributed by atoms with Gasteiger partial charge in [-0.1, -0.05) is 5.16 Å². The van der Waals surface area contributed by atoms with Crippen molar-refractivity contribution in [2.24, 2.45) is 5.73 Å². The molecular formula is C13H16FN3O3. The summed E-state index contributed by atoms with van der Waals surface area (Å²) in [7, 11) is 2.92. The molecule has 6 nitrogen and oxygen atoms in total. The van der Waals surface area contributed by atoms with Gasteiger partial charge in [-0.15, -0.1) is 0 Å². The summed E-state index contributed by atoms with van der Waals surface area (Å²) < 4.78 is 29.8. The van der Waals surface area contributed by atoms with E-state index in [1.165, 1.54) is 14.2 Å². The summed E-state index contributed by atoms with van der Waals surface area (Å²) in [5.41, 5.74) is 6.57. The third kappa shape index (κ3) is 2.09. The Bertz CT molecular complexity index is 640. The van der Waals surface area contributed by atoms with Gasteiger partial charge in [-0.3, -0.25) is 0 Å². The molecule has 0 aliphatic carbocycles. The van der Waals surface area contributed by atoms with Crippen molar-refractivity contribution in [1.82, 2.24) is 10.1 Å². The quantitative estimate of drug-likeness (QED) is 0.922. The average Bonchev–Trinajstić information content (AvgIpc) is 2.92. The molecule has 0 atom stereocenters. The number of aromatic nitrogens is 2. The smallest absolute Gasteiger partial charge is 0.240 e. The number of methoxy groups -OCH3 is 2. The fourth-order valence-corrected chi connectivity index (χ4v) is 2.09. The highest BCUT2D eigenvalue weighted by molar-refractivity contribution is 5.74. The van der Waals surface area contributed by atoms with E-state index < -0.39 is 5.82 Å². The lowest BCUT2D eigenvalue weighted by molar-refractivity contribution is 0.349. The van der Waals surface area contributed by atoms with Crippen LogP contribution < -0.4 is 15.2 Å². The second kappa shape index (κ2) is 5.46. The maximum absolute atomic E-state index is 14.3. The number of ether oxygens (including phenoxy) is 2. The lowest BCUT2D eigenvalue weighted by Crippen LogP contribution is -2.03. The molecule has 1 aromatic carbocycles. The molecule has 2 N–H and O–H groups in total. The first-order valence-corrected chi connectivity index (χ1v) is 5.98. The van der Waals surface area contributed by atoms with Crippen molar-refractivity contribution in [2.75, 3.05) is 14.2 Å². The van der Waals surface area contributed by atoms with Gasteiger partial charge in [-0.2, -0.15) is 4.98 Å². The SMILES string of the molecule is COc1c(C)c(F)c(C)c(-c2noc(CN)n2)c1OC. The number of hydrogen-bond acceptors (Lipinski definition) is 6. The van der Waals surface area contributed by atoms with E-state index in [1.807, 2.05) is 0 Å². The maximum atomic E-state index is 14.3. The summed E-state index contributed by atoms with van der Waals surface area (Å²) in [6.45, 7) is 3.35. The highest BCUT2D eigenvalue weighted by Crippen LogP contribution is 2.43. The Morgan fingerprint density at radius 3 is 2.30 bits per heavy atom. The Balaban J connectivity index is 2.76. The van der Waals surface area contributed by atoms with Crippen molar-refractivity contribution in [2.45, 2.75) is 20.4 Å². The van der Waals surface area contributed by atoms with Gasteiger partial charge in [0, 0.05) is 11.1 Å². The molecular weight excluding hydrogens is 265 g/mol. The molecule has 0 saturated heterocycles. The van der Waals surface area contributed by atoms with Gasteiger partial charge in [-0.25, -0.2) is 4.39 Å². The number of hydrogen-bond donors (Lipinski definition) is 1. The Hall–Kier alpha value is -2.15. The lowest BCUT2D eigenvalue weighted by Gasteiger charge is -2.16. The van der Waals surface area contributed by atoms with E-state index in [9.17, 15) is 4.39 Å². The predicted molar refractivity (Wildman–Crippen MR) is 70.2 cm³/mol. The predicted octanol–water partition coefficient (Wildman–Crippen LogP) is 1.97. The van der Waals surface area contributed by atoms with Crippen LogP contribution in [0.4, 0.5) is 4.39 Å². The Morgan fingerprint density at radius 1 is 1.15 bits per heavy atom. The zero-order valence-electron chi connectivity index (χ0n) is 11.8. The Kier molecular flexibility index (Phi) is 3.89. The monoisotopic (exact) mass is 281 g/mol. The Morgan fingerprint density at radius 2 is 1.80 bits per heavy atom. The van der Waals surface area contributed by atoms with Crippen molar-refractivity contribution < 1.29 is 18.4 Å². The molecule has 7 heteroatoms. The van der Waals surface area contributed by atoms with E-state index in [0.717, 1.165) is 0 Å². The lowest BCUT2D eigenvalue weighted by atomic mass is 10.0. The third-order valence-corrected chi connectivity index (χ3v) is 3.08. The molecule has 0 aliphatic rings. The van der Waals surface area contributed by atoms with Crippen LogP contribution in [0.2, 0.25) is 0 Å². The molecule has 2 rings (SSSR count). The van der Waals surface area contributed by atoms with Gasteiger partial charge in [0.05, 0.1) is 26.3 Å². The molecule has 0 amide bonds. The maximum Gasteiger partial charge on any atom is 0.240 e. The van der Waals surface area contributed by atoms with E-state index in [-0.39, 0.29) is 18.3 Å². The van der Waals surface area contributed by atoms with Crippen LogP contribution in [0, 0.1) is 19.7 Å². The fraction of sp³-hybridized carbons (Fsp3) is 0.385. The van der Waals surface area contributed by atoms with Crippen molar-refractivity contribution in [3.05, 3.63) is 22.8 Å². The molecule has 2 aromatic rings. The van der Waals surface area contributed by atoms with Gasteiger partial charge < -0.3 is 19.7 Å². The number of nitrogens with zero attached hydrogens (tertiary/aromatic N) is 2. The standard InChI is InChI=1S/C13H16FN3O3/c1-6-9(13-16-8(5-15)20-17-13)12(19-4)11(18-3)7(2)10(6)14/h5,15H2,1-4H3. The minimum absolute atomic E-state index is 0.111. The number of nitrogens with two attached hydrogens (primary N) is 1. The van der Waals surface area contributed by atoms with E-state index in [2.05, 4.69) is 10.1 Å². The van der Waals surface area contributed by atoms with Crippen LogP contribution in [0.5, 0.6) is 11.5 Å². The molecule has 1 heterocycles. The zero-order valence-corrected chi connectivity index (χ0v) is 11.8. The molecule has 0 spiro atoms. The van der Waals surface area contributed by atoms with E-state index in [1.54, 1.807) is 13.8 Å². The molecule has 0 radical (unpaired) electrons. The minimum atomic E-state index is -0.392. The zero-order chi connectivity index (χ0) is 14.9. The summed E-state index contributed by atoms with van der Waals surface area (Å²) in [6, 6.07) is 0. The third-order valence-electron chi connectivity index (χ3n) is 3.08. The van der Waals surface area contributed by atoms with Crippen molar-refractivity contribution >= 4 is 0 Å². The van der Waals surface area contributed by atoms with Gasteiger partial charge in [-0.05, 0) is 13.8 Å². The van der Waals surface area contributed by atoms with Gasteiger partial charge in [0.1, 0.15) is 5.82 Å². The normalized spacial score (nSPS) is 10.7. The first-order chi connectivity index (χ1) is 9.54. The largest absolute Gasteiger partial charge is 0.492 e. The van der Waals surface area contributed by atoms with Crippen molar-refractivity contribution in [3.8, 4) is 22.9 Å². The summed E-state index contributed by atoms with van der Waals surface area (Å²) in [4.78, 5) is 4.11. The molecule has 0 aliphatic heterocycles. The van der Waals surface area contributed by atoms with Gasteiger partial charge in [0.25, 0.3) is 0 Å². The van der Waals surface area contributed by atoms with Crippen LogP contribution in [0.1, 0.15) is 17.0 Å². The second-order valence-corrected chi connectivity index (χ2v) is 4.22. The van der Waals surface area contributed by atoms with Crippen LogP contribution in [0.25, 0.3) is 11.4 Å². The average molecular weight is 281 g/mol. The molecule has 0 saturated carbocycles. The second-order valence-electron chi connectivity index (χ2n) is 4.22. The van der Waals surface area contributed by atoms with Crippen LogP contribution >= 0.6 is 0 Å². The van der Waals surface area contributed by atoms with Gasteiger partial charge in [0.2, 0.25) is 11.7 Å². The van der Waals surface area contributed by atoms with Crippen LogP contribution in [0.3, 0.4) is 0 Å². The molecule has 0 bridgehead atoms. The summed E-state index contributed by atoms with van der Waals surface area (Å²) in [5.74, 6) is 0.771. The highest BCUT2D eigenvalue weighted by atomic mass is 19.1. The van der Waals surface area contributed by atoms with Crippen LogP contribution in [-0.4, -0.2) is 24.4 Å². The van der Waals surface area contributed by atoms with Crippen molar-refractivity contribution in [1.29, 1.82) is 0 Å². The molecule has 1 aromatic heterocycles. The number of rotatable bonds is 4. The first-order valence-electron chi connectivity index (χ1n) is 5.98. The van der Waals surface area contributed by atoms with Crippen molar-refractivity contribution in [3.63, 3.8) is 0 Å². The first kappa shape index (κ1) is 14.3. The summed E-state index contributed by atoms with van der Waals surface area (Å²) in [5, 5.41) is 3.80. The van der Waals surface area contributed by atoms with E-state index >= 15 is 0 Å². The molecule has 0 fully saturated rings. The summed E-state index contributed by atoms with van der Waals surface area (Å²) in [6.07, 6.45) is 0. The van der Waals surface area contributed by atoms with E-state index in [4.69, 9.17) is 19.7 Å². The topological polar surface area (TPSA) is 83.4 Å². The summed E-state index contributed by atoms with van der Waals surface area (Å²) >= 11 is 0. The van der Waals surface area contributed by atoms with Crippen LogP contribution in [-0.2, 0) is 6.54 Å². The molecule has 108 valence electrons. The molecule has 0 unspecified atom stereocenters. The Labute approximate surface area is 115 Å². The highest BCUT2D eigenvalue weighted by Gasteiger charge is 2.25. The number of benzene rings is 1. The van der Waals surface area contributed by atoms with E-state index in [0.29, 0.717) is 28.2 Å². The van der Waals surface area contributed by atoms with Crippen LogP contribution in [0.15, 0.2) is 4.52 Å². The minimum Gasteiger partial charge on any atom is -0.492 e. The van der Waals surface area contributed by atoms with Gasteiger partial charge >= 0.3 is 0 Å². The van der Waals surface area contributed by atoms with Gasteiger partial charge in [0.15, 0.2) is 11.5 Å². The number of halogens is 1. The molecule has 20 heavy (non-hydrogen) atoms.